The van der Waals surface area contributed by atoms with Crippen LogP contribution in [0.3, 0.4) is 0 Å². The number of rotatable bonds is 6. The normalized spacial score (nSPS) is 15.0. The zero-order valence-electron chi connectivity index (χ0n) is 16.3. The molecule has 1 fully saturated rings. The van der Waals surface area contributed by atoms with Gasteiger partial charge in [-0.15, -0.1) is 0 Å². The fraction of sp³-hybridized carbons (Fsp3) is 0.421. The van der Waals surface area contributed by atoms with E-state index < -0.39 is 0 Å². The summed E-state index contributed by atoms with van der Waals surface area (Å²) in [4.78, 5) is 21.9. The van der Waals surface area contributed by atoms with Crippen LogP contribution in [0.2, 0.25) is 5.02 Å². The van der Waals surface area contributed by atoms with E-state index in [0.29, 0.717) is 46.9 Å². The van der Waals surface area contributed by atoms with Crippen molar-refractivity contribution in [3.8, 4) is 5.75 Å². The summed E-state index contributed by atoms with van der Waals surface area (Å²) in [6.45, 7) is 4.35. The summed E-state index contributed by atoms with van der Waals surface area (Å²) in [7, 11) is 3.38. The third kappa shape index (κ3) is 4.23. The Bertz CT molecular complexity index is 1010. The maximum absolute atomic E-state index is 13.3. The Kier molecular flexibility index (Phi) is 6.00. The summed E-state index contributed by atoms with van der Waals surface area (Å²) in [5.74, 6) is 0.443. The molecule has 1 saturated heterocycles. The number of ether oxygens (including phenoxy) is 2. The van der Waals surface area contributed by atoms with Gasteiger partial charge in [0.1, 0.15) is 11.3 Å². The highest BCUT2D eigenvalue weighted by atomic mass is 35.5. The molecule has 4 rings (SSSR count). The smallest absolute Gasteiger partial charge is 0.280 e. The lowest BCUT2D eigenvalue weighted by atomic mass is 10.3. The number of nitrogens with zero attached hydrogens (tertiary/aromatic N) is 5. The number of aromatic nitrogens is 3. The van der Waals surface area contributed by atoms with Crippen molar-refractivity contribution < 1.29 is 14.3 Å². The minimum Gasteiger partial charge on any atom is -0.494 e. The topological polar surface area (TPSA) is 72.7 Å². The molecule has 1 amide bonds. The van der Waals surface area contributed by atoms with E-state index in [1.165, 1.54) is 11.3 Å². The minimum absolute atomic E-state index is 0.187. The molecule has 1 aliphatic heterocycles. The van der Waals surface area contributed by atoms with E-state index in [1.807, 2.05) is 0 Å². The van der Waals surface area contributed by atoms with Crippen molar-refractivity contribution in [1.29, 1.82) is 0 Å². The van der Waals surface area contributed by atoms with Crippen LogP contribution in [0.5, 0.6) is 5.75 Å². The Morgan fingerprint density at radius 1 is 1.34 bits per heavy atom. The minimum atomic E-state index is -0.187. The molecule has 0 atom stereocenters. The zero-order valence-corrected chi connectivity index (χ0v) is 17.9. The molecule has 29 heavy (non-hydrogen) atoms. The molecule has 10 heteroatoms. The Hall–Kier alpha value is -2.20. The Morgan fingerprint density at radius 3 is 2.83 bits per heavy atom. The van der Waals surface area contributed by atoms with E-state index in [9.17, 15) is 4.79 Å². The van der Waals surface area contributed by atoms with Crippen molar-refractivity contribution >= 4 is 44.2 Å². The van der Waals surface area contributed by atoms with Gasteiger partial charge < -0.3 is 9.47 Å². The van der Waals surface area contributed by atoms with E-state index in [4.69, 9.17) is 26.1 Å². The number of hydrogen-bond acceptors (Lipinski definition) is 7. The quantitative estimate of drug-likeness (QED) is 0.592. The van der Waals surface area contributed by atoms with E-state index >= 15 is 0 Å². The second-order valence-electron chi connectivity index (χ2n) is 6.71. The monoisotopic (exact) mass is 435 g/mol. The molecule has 3 heterocycles. The van der Waals surface area contributed by atoms with Crippen LogP contribution in [0, 0.1) is 0 Å². The van der Waals surface area contributed by atoms with Gasteiger partial charge in [0, 0.05) is 39.4 Å². The Labute approximate surface area is 177 Å². The number of benzene rings is 1. The first-order chi connectivity index (χ1) is 14.1. The average molecular weight is 436 g/mol. The van der Waals surface area contributed by atoms with Crippen molar-refractivity contribution in [2.75, 3.05) is 51.4 Å². The van der Waals surface area contributed by atoms with Gasteiger partial charge in [-0.05, 0) is 18.2 Å². The van der Waals surface area contributed by atoms with Gasteiger partial charge in [0.05, 0.1) is 30.0 Å². The molecule has 154 valence electrons. The summed E-state index contributed by atoms with van der Waals surface area (Å²) in [6, 6.07) is 5.28. The second-order valence-corrected chi connectivity index (χ2v) is 8.09. The summed E-state index contributed by atoms with van der Waals surface area (Å²) >= 11 is 7.76. The fourth-order valence-corrected chi connectivity index (χ4v) is 4.52. The van der Waals surface area contributed by atoms with Crippen molar-refractivity contribution in [1.82, 2.24) is 19.7 Å². The Morgan fingerprint density at radius 2 is 2.14 bits per heavy atom. The van der Waals surface area contributed by atoms with Crippen LogP contribution in [-0.2, 0) is 11.8 Å². The van der Waals surface area contributed by atoms with Crippen LogP contribution >= 0.6 is 22.9 Å². The van der Waals surface area contributed by atoms with Crippen LogP contribution in [-0.4, -0.2) is 72.1 Å². The molecule has 1 aromatic carbocycles. The first-order valence-corrected chi connectivity index (χ1v) is 10.5. The van der Waals surface area contributed by atoms with Gasteiger partial charge in [0.25, 0.3) is 5.91 Å². The lowest BCUT2D eigenvalue weighted by Gasteiger charge is -2.29. The predicted octanol–water partition coefficient (Wildman–Crippen LogP) is 2.67. The molecule has 0 radical (unpaired) electrons. The maximum Gasteiger partial charge on any atom is 0.280 e. The molecular weight excluding hydrogens is 414 g/mol. The average Bonchev–Trinajstić information content (AvgIpc) is 3.36. The number of methoxy groups -OCH3 is 1. The van der Waals surface area contributed by atoms with Crippen LogP contribution in [0.25, 0.3) is 10.2 Å². The van der Waals surface area contributed by atoms with Crippen molar-refractivity contribution in [3.63, 3.8) is 0 Å². The number of aryl methyl sites for hydroxylation is 1. The molecule has 0 saturated carbocycles. The number of morpholine rings is 1. The van der Waals surface area contributed by atoms with Gasteiger partial charge in [-0.25, -0.2) is 4.98 Å². The van der Waals surface area contributed by atoms with E-state index in [1.54, 1.807) is 48.1 Å². The lowest BCUT2D eigenvalue weighted by molar-refractivity contribution is 0.0391. The van der Waals surface area contributed by atoms with E-state index in [2.05, 4.69) is 10.00 Å². The Balaban J connectivity index is 1.68. The number of halogens is 1. The summed E-state index contributed by atoms with van der Waals surface area (Å²) in [5, 5.41) is 5.44. The van der Waals surface area contributed by atoms with Gasteiger partial charge >= 0.3 is 0 Å². The third-order valence-corrected chi connectivity index (χ3v) is 6.36. The highest BCUT2D eigenvalue weighted by Gasteiger charge is 2.25. The van der Waals surface area contributed by atoms with Crippen LogP contribution < -0.4 is 9.64 Å². The highest BCUT2D eigenvalue weighted by molar-refractivity contribution is 7.23. The zero-order chi connectivity index (χ0) is 20.4. The van der Waals surface area contributed by atoms with Gasteiger partial charge in [-0.3, -0.25) is 19.3 Å². The summed E-state index contributed by atoms with van der Waals surface area (Å²) in [5.41, 5.74) is 1.04. The molecule has 0 spiro atoms. The summed E-state index contributed by atoms with van der Waals surface area (Å²) < 4.78 is 13.3. The van der Waals surface area contributed by atoms with Crippen LogP contribution in [0.4, 0.5) is 5.13 Å². The van der Waals surface area contributed by atoms with Gasteiger partial charge in [0.15, 0.2) is 10.8 Å². The first kappa shape index (κ1) is 20.1. The molecule has 8 nitrogen and oxygen atoms in total. The number of amides is 1. The molecule has 0 N–H and O–H groups in total. The van der Waals surface area contributed by atoms with E-state index in [0.717, 1.165) is 24.3 Å². The molecule has 2 aromatic heterocycles. The van der Waals surface area contributed by atoms with Crippen LogP contribution in [0.1, 0.15) is 10.5 Å². The van der Waals surface area contributed by atoms with Gasteiger partial charge in [0.2, 0.25) is 0 Å². The number of anilines is 1. The van der Waals surface area contributed by atoms with E-state index in [-0.39, 0.29) is 5.91 Å². The number of thiazole rings is 1. The van der Waals surface area contributed by atoms with Crippen LogP contribution in [0.15, 0.2) is 24.4 Å². The second kappa shape index (κ2) is 8.66. The molecule has 1 aliphatic rings. The number of fused-ring (bicyclic) bond motifs is 1. The predicted molar refractivity (Wildman–Crippen MR) is 113 cm³/mol. The SMILES string of the molecule is COc1ccc(Cl)c2sc(N(CCN3CCOCC3)C(=O)c3ccn(C)n3)nc12. The van der Waals surface area contributed by atoms with Crippen molar-refractivity contribution in [3.05, 3.63) is 35.1 Å². The van der Waals surface area contributed by atoms with Crippen molar-refractivity contribution in [2.24, 2.45) is 7.05 Å². The molecule has 0 bridgehead atoms. The van der Waals surface area contributed by atoms with Gasteiger partial charge in [-0.2, -0.15) is 5.10 Å². The molecular formula is C19H22ClN5O3S. The molecule has 3 aromatic rings. The highest BCUT2D eigenvalue weighted by Crippen LogP contribution is 2.39. The fourth-order valence-electron chi connectivity index (χ4n) is 3.24. The first-order valence-electron chi connectivity index (χ1n) is 9.31. The molecule has 0 unspecified atom stereocenters. The largest absolute Gasteiger partial charge is 0.494 e. The number of carbonyl (C=O) groups is 1. The third-order valence-electron chi connectivity index (χ3n) is 4.82. The number of hydrogen-bond donors (Lipinski definition) is 0. The lowest BCUT2D eigenvalue weighted by Crippen LogP contribution is -2.43. The summed E-state index contributed by atoms with van der Waals surface area (Å²) in [6.07, 6.45) is 1.76. The maximum atomic E-state index is 13.3. The number of carbonyl (C=O) groups excluding carboxylic acids is 1. The van der Waals surface area contributed by atoms with Gasteiger partial charge in [-0.1, -0.05) is 22.9 Å². The standard InChI is InChI=1S/C19H22ClN5O3S/c1-23-6-5-14(22-23)18(26)25(8-7-24-9-11-28-12-10-24)19-21-16-15(27-2)4-3-13(20)17(16)29-19/h3-6H,7-12H2,1-2H3. The van der Waals surface area contributed by atoms with Crippen molar-refractivity contribution in [2.45, 2.75) is 0 Å². The molecule has 0 aliphatic carbocycles.